The Morgan fingerprint density at radius 1 is 1.26 bits per heavy atom. The lowest BCUT2D eigenvalue weighted by molar-refractivity contribution is -0.147. The summed E-state index contributed by atoms with van der Waals surface area (Å²) < 4.78 is 0. The first kappa shape index (κ1) is 13.0. The Labute approximate surface area is 116 Å². The van der Waals surface area contributed by atoms with Crippen LogP contribution in [0.1, 0.15) is 51.9 Å². The van der Waals surface area contributed by atoms with Crippen LogP contribution in [0.2, 0.25) is 0 Å². The fraction of sp³-hybridized carbons (Fsp3) is 0.875. The van der Waals surface area contributed by atoms with Gasteiger partial charge >= 0.3 is 0 Å². The van der Waals surface area contributed by atoms with Crippen molar-refractivity contribution in [2.24, 2.45) is 23.7 Å². The fourth-order valence-electron chi connectivity index (χ4n) is 5.18. The molecule has 0 aromatic rings. The molecule has 0 spiro atoms. The molecule has 0 aromatic heterocycles. The maximum atomic E-state index is 12.4. The van der Waals surface area contributed by atoms with Gasteiger partial charge in [0, 0.05) is 19.0 Å². The van der Waals surface area contributed by atoms with E-state index in [9.17, 15) is 4.79 Å². The Morgan fingerprint density at radius 3 is 2.16 bits per heavy atom. The van der Waals surface area contributed by atoms with Crippen LogP contribution < -0.4 is 0 Å². The molecule has 4 saturated carbocycles. The maximum absolute atomic E-state index is 12.4. The first-order chi connectivity index (χ1) is 9.02. The van der Waals surface area contributed by atoms with E-state index in [1.165, 1.54) is 38.5 Å². The van der Waals surface area contributed by atoms with E-state index in [4.69, 9.17) is 5.26 Å². The number of hydrogen-bond acceptors (Lipinski definition) is 2. The second-order valence-corrected chi connectivity index (χ2v) is 7.33. The molecule has 0 heterocycles. The van der Waals surface area contributed by atoms with Gasteiger partial charge in [-0.25, -0.2) is 0 Å². The molecule has 1 amide bonds. The topological polar surface area (TPSA) is 44.1 Å². The van der Waals surface area contributed by atoms with Crippen LogP contribution in [0.25, 0.3) is 0 Å². The molecule has 0 saturated heterocycles. The van der Waals surface area contributed by atoms with Crippen LogP contribution in [0.4, 0.5) is 0 Å². The van der Waals surface area contributed by atoms with Crippen molar-refractivity contribution < 1.29 is 4.79 Å². The van der Waals surface area contributed by atoms with Gasteiger partial charge in [0.25, 0.3) is 0 Å². The van der Waals surface area contributed by atoms with Gasteiger partial charge in [-0.3, -0.25) is 4.79 Å². The van der Waals surface area contributed by atoms with E-state index in [1.54, 1.807) is 0 Å². The van der Waals surface area contributed by atoms with Crippen molar-refractivity contribution in [3.05, 3.63) is 0 Å². The highest BCUT2D eigenvalue weighted by molar-refractivity contribution is 5.77. The molecule has 0 radical (unpaired) electrons. The predicted molar refractivity (Wildman–Crippen MR) is 73.1 cm³/mol. The second-order valence-electron chi connectivity index (χ2n) is 7.33. The normalized spacial score (nSPS) is 40.8. The van der Waals surface area contributed by atoms with Gasteiger partial charge in [0.2, 0.25) is 5.91 Å². The van der Waals surface area contributed by atoms with Crippen LogP contribution in [-0.4, -0.2) is 23.4 Å². The fourth-order valence-corrected chi connectivity index (χ4v) is 5.18. The van der Waals surface area contributed by atoms with Crippen molar-refractivity contribution in [3.8, 4) is 6.07 Å². The molecule has 1 unspecified atom stereocenters. The van der Waals surface area contributed by atoms with E-state index in [0.717, 1.165) is 17.8 Å². The van der Waals surface area contributed by atoms with Crippen LogP contribution >= 0.6 is 0 Å². The summed E-state index contributed by atoms with van der Waals surface area (Å²) >= 11 is 0. The minimum Gasteiger partial charge on any atom is -0.340 e. The van der Waals surface area contributed by atoms with E-state index in [1.807, 2.05) is 18.9 Å². The first-order valence-electron chi connectivity index (χ1n) is 7.68. The molecule has 4 bridgehead atoms. The van der Waals surface area contributed by atoms with Crippen LogP contribution in [0, 0.1) is 35.0 Å². The van der Waals surface area contributed by atoms with Crippen molar-refractivity contribution in [2.45, 2.75) is 57.4 Å². The van der Waals surface area contributed by atoms with E-state index < -0.39 is 0 Å². The number of rotatable bonds is 3. The molecular weight excluding hydrogens is 236 g/mol. The summed E-state index contributed by atoms with van der Waals surface area (Å²) in [6.07, 6.45) is 8.21. The van der Waals surface area contributed by atoms with Gasteiger partial charge in [0.15, 0.2) is 0 Å². The third-order valence-electron chi connectivity index (χ3n) is 5.79. The highest BCUT2D eigenvalue weighted by Gasteiger charge is 2.53. The summed E-state index contributed by atoms with van der Waals surface area (Å²) in [5.41, 5.74) is 0.140. The molecular formula is C16H24N2O. The lowest BCUT2D eigenvalue weighted by atomic mass is 9.52. The summed E-state index contributed by atoms with van der Waals surface area (Å²) in [7, 11) is 1.99. The van der Waals surface area contributed by atoms with Crippen LogP contribution in [-0.2, 0) is 4.79 Å². The standard InChI is InChI=1S/C16H24N2O/c1-11(10-17)3-15(19)18(2)16-7-12-4-13(8-16)6-14(5-12)9-16/h11-14H,3-9H2,1-2H3. The van der Waals surface area contributed by atoms with E-state index in [0.29, 0.717) is 6.42 Å². The minimum atomic E-state index is -0.163. The average molecular weight is 260 g/mol. The zero-order chi connectivity index (χ0) is 13.6. The monoisotopic (exact) mass is 260 g/mol. The van der Waals surface area contributed by atoms with Gasteiger partial charge in [0.05, 0.1) is 12.0 Å². The molecule has 1 atom stereocenters. The van der Waals surface area contributed by atoms with Gasteiger partial charge < -0.3 is 4.90 Å². The summed E-state index contributed by atoms with van der Waals surface area (Å²) in [5.74, 6) is 2.58. The molecule has 0 N–H and O–H groups in total. The van der Waals surface area contributed by atoms with Crippen molar-refractivity contribution >= 4 is 5.91 Å². The maximum Gasteiger partial charge on any atom is 0.224 e. The molecule has 0 aromatic carbocycles. The van der Waals surface area contributed by atoms with Gasteiger partial charge in [-0.1, -0.05) is 0 Å². The molecule has 4 fully saturated rings. The molecule has 4 rings (SSSR count). The van der Waals surface area contributed by atoms with E-state index >= 15 is 0 Å². The van der Waals surface area contributed by atoms with E-state index in [2.05, 4.69) is 6.07 Å². The Balaban J connectivity index is 1.74. The van der Waals surface area contributed by atoms with Crippen molar-refractivity contribution in [1.82, 2.24) is 4.90 Å². The zero-order valence-corrected chi connectivity index (χ0v) is 12.1. The van der Waals surface area contributed by atoms with Gasteiger partial charge in [-0.2, -0.15) is 5.26 Å². The molecule has 0 aliphatic heterocycles. The Kier molecular flexibility index (Phi) is 3.08. The van der Waals surface area contributed by atoms with Crippen LogP contribution in [0.3, 0.4) is 0 Å². The van der Waals surface area contributed by atoms with Gasteiger partial charge in [-0.15, -0.1) is 0 Å². The Bertz CT molecular complexity index is 388. The summed E-state index contributed by atoms with van der Waals surface area (Å²) in [5, 5.41) is 8.88. The lowest BCUT2D eigenvalue weighted by Crippen LogP contribution is -2.60. The number of nitriles is 1. The minimum absolute atomic E-state index is 0.140. The van der Waals surface area contributed by atoms with Gasteiger partial charge in [-0.05, 0) is 63.2 Å². The summed E-state index contributed by atoms with van der Waals surface area (Å²) in [6, 6.07) is 2.18. The molecule has 3 nitrogen and oxygen atoms in total. The molecule has 3 heteroatoms. The Morgan fingerprint density at radius 2 is 1.74 bits per heavy atom. The Hall–Kier alpha value is -1.04. The molecule has 19 heavy (non-hydrogen) atoms. The smallest absolute Gasteiger partial charge is 0.224 e. The van der Waals surface area contributed by atoms with Crippen molar-refractivity contribution in [3.63, 3.8) is 0 Å². The van der Waals surface area contributed by atoms with E-state index in [-0.39, 0.29) is 17.4 Å². The lowest BCUT2D eigenvalue weighted by Gasteiger charge is -2.59. The largest absolute Gasteiger partial charge is 0.340 e. The highest BCUT2D eigenvalue weighted by atomic mass is 16.2. The number of nitrogens with zero attached hydrogens (tertiary/aromatic N) is 2. The number of carbonyl (C=O) groups is 1. The van der Waals surface area contributed by atoms with Crippen molar-refractivity contribution in [1.29, 1.82) is 5.26 Å². The third-order valence-corrected chi connectivity index (χ3v) is 5.79. The highest BCUT2D eigenvalue weighted by Crippen LogP contribution is 2.57. The first-order valence-corrected chi connectivity index (χ1v) is 7.68. The molecule has 4 aliphatic rings. The van der Waals surface area contributed by atoms with Crippen LogP contribution in [0.5, 0.6) is 0 Å². The SMILES string of the molecule is CC(C#N)CC(=O)N(C)C12CC3CC(CC(C3)C1)C2. The second kappa shape index (κ2) is 4.51. The molecule has 104 valence electrons. The number of amides is 1. The zero-order valence-electron chi connectivity index (χ0n) is 12.1. The average Bonchev–Trinajstić information content (AvgIpc) is 2.36. The number of hydrogen-bond donors (Lipinski definition) is 0. The third kappa shape index (κ3) is 2.16. The van der Waals surface area contributed by atoms with Gasteiger partial charge in [0.1, 0.15) is 0 Å². The summed E-state index contributed by atoms with van der Waals surface area (Å²) in [6.45, 7) is 1.84. The summed E-state index contributed by atoms with van der Waals surface area (Å²) in [4.78, 5) is 14.4. The number of carbonyl (C=O) groups excluding carboxylic acids is 1. The molecule has 4 aliphatic carbocycles. The van der Waals surface area contributed by atoms with Crippen molar-refractivity contribution in [2.75, 3.05) is 7.05 Å². The predicted octanol–water partition coefficient (Wildman–Crippen LogP) is 2.96. The van der Waals surface area contributed by atoms with Crippen LogP contribution in [0.15, 0.2) is 0 Å². The quantitative estimate of drug-likeness (QED) is 0.783.